The van der Waals surface area contributed by atoms with Gasteiger partial charge in [0.2, 0.25) is 15.9 Å². The second-order valence-electron chi connectivity index (χ2n) is 9.94. The van der Waals surface area contributed by atoms with E-state index in [1.807, 2.05) is 0 Å². The number of carbonyl (C=O) groups is 2. The Balaban J connectivity index is 1.47. The summed E-state index contributed by atoms with van der Waals surface area (Å²) in [5.41, 5.74) is -0.288. The summed E-state index contributed by atoms with van der Waals surface area (Å²) in [6.07, 6.45) is 8.47. The fourth-order valence-electron chi connectivity index (χ4n) is 4.79. The highest BCUT2D eigenvalue weighted by Crippen LogP contribution is 2.40. The van der Waals surface area contributed by atoms with Crippen LogP contribution in [0.1, 0.15) is 76.1 Å². The molecular formula is C23H35N3O4S. The van der Waals surface area contributed by atoms with Gasteiger partial charge in [-0.15, -0.1) is 0 Å². The lowest BCUT2D eigenvalue weighted by molar-refractivity contribution is -0.121. The van der Waals surface area contributed by atoms with Crippen LogP contribution in [0, 0.1) is 11.8 Å². The molecular weight excluding hydrogens is 414 g/mol. The lowest BCUT2D eigenvalue weighted by Crippen LogP contribution is -2.45. The molecule has 3 atom stereocenters. The van der Waals surface area contributed by atoms with Gasteiger partial charge in [0.15, 0.2) is 0 Å². The molecule has 1 aromatic carbocycles. The fraction of sp³-hybridized carbons (Fsp3) is 0.652. The molecule has 172 valence electrons. The number of nitrogens with one attached hydrogen (secondary N) is 3. The molecule has 2 aliphatic carbocycles. The summed E-state index contributed by atoms with van der Waals surface area (Å²) in [7, 11) is -3.66. The number of carbonyl (C=O) groups excluding carboxylic acids is 2. The van der Waals surface area contributed by atoms with Gasteiger partial charge in [-0.25, -0.2) is 13.1 Å². The molecule has 1 aromatic rings. The van der Waals surface area contributed by atoms with Crippen LogP contribution in [0.3, 0.4) is 0 Å². The van der Waals surface area contributed by atoms with Crippen LogP contribution in [0.15, 0.2) is 29.2 Å². The third-order valence-electron chi connectivity index (χ3n) is 6.18. The lowest BCUT2D eigenvalue weighted by atomic mass is 9.69. The number of fused-ring (bicyclic) bond motifs is 1. The molecule has 3 N–H and O–H groups in total. The Hall–Kier alpha value is -1.93. The van der Waals surface area contributed by atoms with Gasteiger partial charge in [0.1, 0.15) is 0 Å². The van der Waals surface area contributed by atoms with Gasteiger partial charge in [0.05, 0.1) is 11.4 Å². The van der Waals surface area contributed by atoms with Gasteiger partial charge < -0.3 is 10.6 Å². The zero-order chi connectivity index (χ0) is 22.6. The standard InChI is InChI=1S/C23H35N3O4S/c1-23(2,3)26-31(29,30)20-12-9-17(10-13-20)22(28)24-15-21(27)25-19-11-8-16-6-4-5-7-18(16)14-19/h9-10,12-13,16,18-19,26H,4-8,11,14-15H2,1-3H3,(H,24,28)(H,25,27)/t16-,18+,19-/m1/s1. The molecule has 0 heterocycles. The summed E-state index contributed by atoms with van der Waals surface area (Å²) >= 11 is 0. The van der Waals surface area contributed by atoms with Crippen molar-refractivity contribution in [2.75, 3.05) is 6.54 Å². The highest BCUT2D eigenvalue weighted by Gasteiger charge is 2.32. The van der Waals surface area contributed by atoms with Crippen molar-refractivity contribution in [3.63, 3.8) is 0 Å². The molecule has 0 aromatic heterocycles. The van der Waals surface area contributed by atoms with Crippen LogP contribution in [-0.2, 0) is 14.8 Å². The van der Waals surface area contributed by atoms with Crippen LogP contribution in [0.4, 0.5) is 0 Å². The van der Waals surface area contributed by atoms with E-state index in [0.717, 1.165) is 24.7 Å². The van der Waals surface area contributed by atoms with E-state index in [2.05, 4.69) is 15.4 Å². The number of sulfonamides is 1. The molecule has 8 heteroatoms. The van der Waals surface area contributed by atoms with Gasteiger partial charge in [-0.2, -0.15) is 0 Å². The van der Waals surface area contributed by atoms with Crippen molar-refractivity contribution in [2.24, 2.45) is 11.8 Å². The number of benzene rings is 1. The Morgan fingerprint density at radius 1 is 0.968 bits per heavy atom. The average Bonchev–Trinajstić information content (AvgIpc) is 2.70. The van der Waals surface area contributed by atoms with Crippen LogP contribution in [0.25, 0.3) is 0 Å². The zero-order valence-electron chi connectivity index (χ0n) is 18.7. The molecule has 3 rings (SSSR count). The molecule has 0 aliphatic heterocycles. The van der Waals surface area contributed by atoms with Gasteiger partial charge in [0.25, 0.3) is 5.91 Å². The molecule has 0 bridgehead atoms. The monoisotopic (exact) mass is 449 g/mol. The maximum absolute atomic E-state index is 12.4. The first-order valence-electron chi connectivity index (χ1n) is 11.2. The van der Waals surface area contributed by atoms with E-state index in [0.29, 0.717) is 5.56 Å². The minimum absolute atomic E-state index is 0.0882. The quantitative estimate of drug-likeness (QED) is 0.621. The highest BCUT2D eigenvalue weighted by molar-refractivity contribution is 7.89. The normalized spacial score (nSPS) is 24.2. The molecule has 2 saturated carbocycles. The van der Waals surface area contributed by atoms with E-state index in [-0.39, 0.29) is 23.4 Å². The smallest absolute Gasteiger partial charge is 0.251 e. The van der Waals surface area contributed by atoms with Gasteiger partial charge >= 0.3 is 0 Å². The number of rotatable bonds is 6. The van der Waals surface area contributed by atoms with E-state index >= 15 is 0 Å². The Morgan fingerprint density at radius 3 is 2.26 bits per heavy atom. The largest absolute Gasteiger partial charge is 0.352 e. The maximum atomic E-state index is 12.4. The average molecular weight is 450 g/mol. The van der Waals surface area contributed by atoms with Gasteiger partial charge in [-0.1, -0.05) is 25.7 Å². The molecule has 31 heavy (non-hydrogen) atoms. The molecule has 2 amide bonds. The molecule has 7 nitrogen and oxygen atoms in total. The van der Waals surface area contributed by atoms with Crippen molar-refractivity contribution >= 4 is 21.8 Å². The lowest BCUT2D eigenvalue weighted by Gasteiger charge is -2.39. The first-order chi connectivity index (χ1) is 14.5. The van der Waals surface area contributed by atoms with E-state index in [1.165, 1.54) is 56.4 Å². The Labute approximate surface area is 185 Å². The third kappa shape index (κ3) is 6.77. The summed E-state index contributed by atoms with van der Waals surface area (Å²) in [5, 5.41) is 5.69. The maximum Gasteiger partial charge on any atom is 0.251 e. The summed E-state index contributed by atoms with van der Waals surface area (Å²) in [5.74, 6) is 0.969. The Morgan fingerprint density at radius 2 is 1.61 bits per heavy atom. The van der Waals surface area contributed by atoms with E-state index in [9.17, 15) is 18.0 Å². The van der Waals surface area contributed by atoms with E-state index in [4.69, 9.17) is 0 Å². The molecule has 0 radical (unpaired) electrons. The van der Waals surface area contributed by atoms with Crippen LogP contribution in [0.5, 0.6) is 0 Å². The van der Waals surface area contributed by atoms with Crippen molar-refractivity contribution in [1.29, 1.82) is 0 Å². The Bertz CT molecular complexity index is 890. The zero-order valence-corrected chi connectivity index (χ0v) is 19.6. The minimum Gasteiger partial charge on any atom is -0.352 e. The van der Waals surface area contributed by atoms with Crippen LogP contribution >= 0.6 is 0 Å². The van der Waals surface area contributed by atoms with Crippen LogP contribution in [-0.4, -0.2) is 38.4 Å². The summed E-state index contributed by atoms with van der Waals surface area (Å²) in [6.45, 7) is 5.20. The van der Waals surface area contributed by atoms with Crippen molar-refractivity contribution in [3.05, 3.63) is 29.8 Å². The third-order valence-corrected chi connectivity index (χ3v) is 7.96. The topological polar surface area (TPSA) is 104 Å². The second kappa shape index (κ2) is 9.69. The van der Waals surface area contributed by atoms with Gasteiger partial charge in [0, 0.05) is 17.1 Å². The van der Waals surface area contributed by atoms with Crippen LogP contribution < -0.4 is 15.4 Å². The number of hydrogen-bond donors (Lipinski definition) is 3. The minimum atomic E-state index is -3.66. The summed E-state index contributed by atoms with van der Waals surface area (Å²) in [6, 6.07) is 5.89. The Kier molecular flexibility index (Phi) is 7.42. The van der Waals surface area contributed by atoms with E-state index in [1.54, 1.807) is 20.8 Å². The first kappa shape index (κ1) is 23.7. The molecule has 0 unspecified atom stereocenters. The van der Waals surface area contributed by atoms with Crippen molar-refractivity contribution in [1.82, 2.24) is 15.4 Å². The summed E-state index contributed by atoms with van der Waals surface area (Å²) in [4.78, 5) is 24.8. The van der Waals surface area contributed by atoms with Gasteiger partial charge in [-0.05, 0) is 76.1 Å². The van der Waals surface area contributed by atoms with Gasteiger partial charge in [-0.3, -0.25) is 9.59 Å². The second-order valence-corrected chi connectivity index (χ2v) is 11.6. The number of amides is 2. The molecule has 0 spiro atoms. The summed E-state index contributed by atoms with van der Waals surface area (Å²) < 4.78 is 27.3. The van der Waals surface area contributed by atoms with Crippen LogP contribution in [0.2, 0.25) is 0 Å². The molecule has 0 saturated heterocycles. The number of hydrogen-bond acceptors (Lipinski definition) is 4. The fourth-order valence-corrected chi connectivity index (χ4v) is 6.21. The van der Waals surface area contributed by atoms with Crippen molar-refractivity contribution < 1.29 is 18.0 Å². The SMILES string of the molecule is CC(C)(C)NS(=O)(=O)c1ccc(C(=O)NCC(=O)N[C@@H]2CC[C@H]3CCCC[C@H]3C2)cc1. The molecule has 2 aliphatic rings. The van der Waals surface area contributed by atoms with E-state index < -0.39 is 21.5 Å². The first-order valence-corrected chi connectivity index (χ1v) is 12.7. The highest BCUT2D eigenvalue weighted by atomic mass is 32.2. The molecule has 2 fully saturated rings. The van der Waals surface area contributed by atoms with Crippen molar-refractivity contribution in [3.8, 4) is 0 Å². The predicted molar refractivity (Wildman–Crippen MR) is 120 cm³/mol. The van der Waals surface area contributed by atoms with Crippen molar-refractivity contribution in [2.45, 2.75) is 82.2 Å². The predicted octanol–water partition coefficient (Wildman–Crippen LogP) is 2.97.